The lowest BCUT2D eigenvalue weighted by Crippen LogP contribution is -2.45. The van der Waals surface area contributed by atoms with Gasteiger partial charge in [0.15, 0.2) is 25.5 Å². The van der Waals surface area contributed by atoms with Gasteiger partial charge in [-0.2, -0.15) is 13.2 Å². The predicted molar refractivity (Wildman–Crippen MR) is 115 cm³/mol. The zero-order valence-corrected chi connectivity index (χ0v) is 19.5. The summed E-state index contributed by atoms with van der Waals surface area (Å²) in [5.41, 5.74) is -0.995. The summed E-state index contributed by atoms with van der Waals surface area (Å²) in [6, 6.07) is 1.96. The topological polar surface area (TPSA) is 132 Å². The van der Waals surface area contributed by atoms with Crippen LogP contribution in [0.25, 0.3) is 22.6 Å². The Morgan fingerprint density at radius 3 is 2.47 bits per heavy atom. The van der Waals surface area contributed by atoms with Gasteiger partial charge in [-0.05, 0) is 12.1 Å². The van der Waals surface area contributed by atoms with Crippen molar-refractivity contribution in [2.75, 3.05) is 28.7 Å². The van der Waals surface area contributed by atoms with E-state index in [4.69, 9.17) is 0 Å². The van der Waals surface area contributed by atoms with Crippen molar-refractivity contribution in [3.05, 3.63) is 30.2 Å². The van der Waals surface area contributed by atoms with E-state index in [2.05, 4.69) is 15.0 Å². The van der Waals surface area contributed by atoms with Gasteiger partial charge in [0.05, 0.1) is 45.5 Å². The van der Waals surface area contributed by atoms with E-state index in [1.807, 2.05) is 0 Å². The minimum absolute atomic E-state index is 0.0118. The van der Waals surface area contributed by atoms with Crippen LogP contribution in [0.3, 0.4) is 0 Å². The highest BCUT2D eigenvalue weighted by Crippen LogP contribution is 2.33. The first-order valence-corrected chi connectivity index (χ1v) is 13.3. The average Bonchev–Trinajstić information content (AvgIpc) is 3.08. The number of aryl methyl sites for hydroxylation is 1. The molecule has 0 unspecified atom stereocenters. The molecule has 0 spiro atoms. The number of carbonyl (C=O) groups is 1. The molecular formula is C19H18F3N5O5S2. The second-order valence-electron chi connectivity index (χ2n) is 7.63. The van der Waals surface area contributed by atoms with Crippen molar-refractivity contribution in [3.8, 4) is 11.5 Å². The second kappa shape index (κ2) is 8.01. The average molecular weight is 518 g/mol. The third kappa shape index (κ3) is 4.24. The molecule has 34 heavy (non-hydrogen) atoms. The molecule has 3 aromatic heterocycles. The summed E-state index contributed by atoms with van der Waals surface area (Å²) in [6.07, 6.45) is -2.49. The third-order valence-electron chi connectivity index (χ3n) is 5.40. The molecule has 0 radical (unpaired) electrons. The first kappa shape index (κ1) is 24.1. The summed E-state index contributed by atoms with van der Waals surface area (Å²) in [6.45, 7) is 1.24. The molecule has 0 aromatic carbocycles. The highest BCUT2D eigenvalue weighted by atomic mass is 32.2. The van der Waals surface area contributed by atoms with Crippen LogP contribution in [-0.4, -0.2) is 66.1 Å². The number of rotatable bonds is 4. The molecule has 15 heteroatoms. The molecule has 182 valence electrons. The van der Waals surface area contributed by atoms with Crippen molar-refractivity contribution >= 4 is 42.3 Å². The zero-order valence-electron chi connectivity index (χ0n) is 17.9. The summed E-state index contributed by atoms with van der Waals surface area (Å²) < 4.78 is 89.7. The van der Waals surface area contributed by atoms with Gasteiger partial charge in [-0.25, -0.2) is 31.8 Å². The predicted octanol–water partition coefficient (Wildman–Crippen LogP) is 1.60. The summed E-state index contributed by atoms with van der Waals surface area (Å²) in [5.74, 6) is -2.03. The van der Waals surface area contributed by atoms with Gasteiger partial charge < -0.3 is 9.47 Å². The van der Waals surface area contributed by atoms with Gasteiger partial charge in [0.2, 0.25) is 5.91 Å². The Morgan fingerprint density at radius 2 is 1.85 bits per heavy atom. The fourth-order valence-corrected chi connectivity index (χ4v) is 5.75. The molecule has 1 aliphatic heterocycles. The minimum Gasteiger partial charge on any atom is -0.324 e. The molecule has 10 nitrogen and oxygen atoms in total. The number of nitrogens with zero attached hydrogens (tertiary/aromatic N) is 5. The number of amides is 1. The van der Waals surface area contributed by atoms with Crippen LogP contribution in [0, 0.1) is 0 Å². The summed E-state index contributed by atoms with van der Waals surface area (Å²) in [5, 5.41) is 0. The number of imidazole rings is 1. The van der Waals surface area contributed by atoms with E-state index in [0.717, 1.165) is 17.2 Å². The molecule has 0 bridgehead atoms. The largest absolute Gasteiger partial charge is 0.433 e. The van der Waals surface area contributed by atoms with E-state index in [9.17, 15) is 34.8 Å². The molecule has 4 rings (SSSR count). The van der Waals surface area contributed by atoms with Gasteiger partial charge in [0.1, 0.15) is 17.1 Å². The molecule has 0 N–H and O–H groups in total. The van der Waals surface area contributed by atoms with Crippen LogP contribution in [0.1, 0.15) is 12.6 Å². The molecule has 0 saturated carbocycles. The monoisotopic (exact) mass is 517 g/mol. The Hall–Kier alpha value is -3.07. The number of aromatic nitrogens is 4. The molecular weight excluding hydrogens is 499 g/mol. The van der Waals surface area contributed by atoms with Gasteiger partial charge in [-0.15, -0.1) is 0 Å². The number of halogens is 3. The third-order valence-corrected chi connectivity index (χ3v) is 8.64. The van der Waals surface area contributed by atoms with Crippen molar-refractivity contribution in [3.63, 3.8) is 0 Å². The second-order valence-corrected chi connectivity index (χ2v) is 12.1. The van der Waals surface area contributed by atoms with Crippen LogP contribution in [0.2, 0.25) is 0 Å². The van der Waals surface area contributed by atoms with E-state index in [1.165, 1.54) is 30.8 Å². The molecule has 1 saturated heterocycles. The van der Waals surface area contributed by atoms with E-state index >= 15 is 0 Å². The Labute approximate surface area is 192 Å². The van der Waals surface area contributed by atoms with Gasteiger partial charge in [-0.3, -0.25) is 4.79 Å². The molecule has 1 aliphatic rings. The van der Waals surface area contributed by atoms with Crippen LogP contribution < -0.4 is 4.90 Å². The standard InChI is InChI=1S/C19H18F3N5O5S2/c1-3-34(31,32)14-6-11(27-4-5-33(29,30)10-16(27)28)8-24-17(14)18-25-12-7-15(19(20,21)22)23-9-13(12)26(18)2/h6-9H,3-5,10H2,1-2H3. The van der Waals surface area contributed by atoms with Gasteiger partial charge in [-0.1, -0.05) is 6.92 Å². The van der Waals surface area contributed by atoms with Crippen molar-refractivity contribution in [1.29, 1.82) is 0 Å². The lowest BCUT2D eigenvalue weighted by atomic mass is 10.3. The molecule has 3 aromatic rings. The Kier molecular flexibility index (Phi) is 5.67. The molecule has 4 heterocycles. The lowest BCUT2D eigenvalue weighted by Gasteiger charge is -2.27. The summed E-state index contributed by atoms with van der Waals surface area (Å²) in [7, 11) is -5.98. The Balaban J connectivity index is 1.88. The number of sulfone groups is 2. The molecule has 0 atom stereocenters. The quantitative estimate of drug-likeness (QED) is 0.510. The van der Waals surface area contributed by atoms with E-state index < -0.39 is 43.2 Å². The molecule has 1 amide bonds. The summed E-state index contributed by atoms with van der Waals surface area (Å²) in [4.78, 5) is 25.0. The fourth-order valence-electron chi connectivity index (χ4n) is 3.56. The van der Waals surface area contributed by atoms with Crippen LogP contribution in [0.5, 0.6) is 0 Å². The maximum absolute atomic E-state index is 13.1. The van der Waals surface area contributed by atoms with E-state index in [-0.39, 0.29) is 51.2 Å². The number of hydrogen-bond donors (Lipinski definition) is 0. The number of alkyl halides is 3. The first-order valence-electron chi connectivity index (χ1n) is 9.87. The van der Waals surface area contributed by atoms with Crippen molar-refractivity contribution < 1.29 is 34.8 Å². The number of fused-ring (bicyclic) bond motifs is 1. The SMILES string of the molecule is CCS(=O)(=O)c1cc(N2CCS(=O)(=O)CC2=O)cnc1-c1nc2cc(C(F)(F)F)ncc2n1C. The molecule has 0 aliphatic carbocycles. The van der Waals surface area contributed by atoms with Gasteiger partial charge in [0.25, 0.3) is 0 Å². The number of anilines is 1. The first-order chi connectivity index (χ1) is 15.7. The van der Waals surface area contributed by atoms with Crippen LogP contribution in [0.15, 0.2) is 29.4 Å². The zero-order chi connectivity index (χ0) is 25.1. The van der Waals surface area contributed by atoms with Gasteiger partial charge >= 0.3 is 6.18 Å². The van der Waals surface area contributed by atoms with Crippen molar-refractivity contribution in [2.45, 2.75) is 18.0 Å². The van der Waals surface area contributed by atoms with Crippen LogP contribution >= 0.6 is 0 Å². The maximum Gasteiger partial charge on any atom is 0.433 e. The van der Waals surface area contributed by atoms with Crippen LogP contribution in [-0.2, 0) is 37.7 Å². The van der Waals surface area contributed by atoms with E-state index in [1.54, 1.807) is 0 Å². The highest BCUT2D eigenvalue weighted by Gasteiger charge is 2.34. The molecule has 1 fully saturated rings. The normalized spacial score (nSPS) is 16.9. The highest BCUT2D eigenvalue weighted by molar-refractivity contribution is 7.92. The van der Waals surface area contributed by atoms with E-state index in [0.29, 0.717) is 0 Å². The number of pyridine rings is 2. The van der Waals surface area contributed by atoms with Crippen molar-refractivity contribution in [2.24, 2.45) is 7.05 Å². The number of hydrogen-bond acceptors (Lipinski definition) is 8. The van der Waals surface area contributed by atoms with Crippen LogP contribution in [0.4, 0.5) is 18.9 Å². The van der Waals surface area contributed by atoms with Gasteiger partial charge in [0, 0.05) is 13.6 Å². The number of carbonyl (C=O) groups excluding carboxylic acids is 1. The lowest BCUT2D eigenvalue weighted by molar-refractivity contribution is -0.141. The maximum atomic E-state index is 13.1. The minimum atomic E-state index is -4.68. The smallest absolute Gasteiger partial charge is 0.324 e. The Bertz CT molecular complexity index is 1530. The summed E-state index contributed by atoms with van der Waals surface area (Å²) >= 11 is 0. The van der Waals surface area contributed by atoms with Crippen molar-refractivity contribution in [1.82, 2.24) is 19.5 Å². The Morgan fingerprint density at radius 1 is 1.15 bits per heavy atom. The fraction of sp³-hybridized carbons (Fsp3) is 0.368.